The van der Waals surface area contributed by atoms with Gasteiger partial charge in [0.25, 0.3) is 11.8 Å². The van der Waals surface area contributed by atoms with Gasteiger partial charge in [-0.05, 0) is 91.6 Å². The van der Waals surface area contributed by atoms with Crippen molar-refractivity contribution in [1.82, 2.24) is 0 Å². The van der Waals surface area contributed by atoms with Crippen LogP contribution in [0.25, 0.3) is 0 Å². The lowest BCUT2D eigenvalue weighted by Gasteiger charge is -2.21. The van der Waals surface area contributed by atoms with E-state index < -0.39 is 0 Å². The number of nitrogens with zero attached hydrogens (tertiary/aromatic N) is 1. The van der Waals surface area contributed by atoms with E-state index in [0.717, 1.165) is 45.6 Å². The highest BCUT2D eigenvalue weighted by atomic mass is 79.9. The van der Waals surface area contributed by atoms with Gasteiger partial charge in [-0.3, -0.25) is 9.59 Å². The summed E-state index contributed by atoms with van der Waals surface area (Å²) in [5, 5.41) is 5.95. The molecular weight excluding hydrogens is 586 g/mol. The first-order chi connectivity index (χ1) is 20.4. The van der Waals surface area contributed by atoms with Gasteiger partial charge in [0.2, 0.25) is 0 Å². The van der Waals surface area contributed by atoms with Crippen molar-refractivity contribution in [3.63, 3.8) is 0 Å². The van der Waals surface area contributed by atoms with E-state index in [0.29, 0.717) is 11.1 Å². The molecule has 6 heteroatoms. The van der Waals surface area contributed by atoms with Crippen LogP contribution in [0.5, 0.6) is 0 Å². The van der Waals surface area contributed by atoms with Crippen LogP contribution < -0.4 is 15.5 Å². The topological polar surface area (TPSA) is 61.4 Å². The maximum Gasteiger partial charge on any atom is 0.255 e. The van der Waals surface area contributed by atoms with Crippen LogP contribution in [0.1, 0.15) is 37.4 Å². The summed E-state index contributed by atoms with van der Waals surface area (Å²) in [4.78, 5) is 26.7. The largest absolute Gasteiger partial charge is 0.341 e. The number of hydrogen-bond acceptors (Lipinski definition) is 3. The molecule has 42 heavy (non-hydrogen) atoms. The van der Waals surface area contributed by atoms with Crippen LogP contribution in [0, 0.1) is 13.8 Å². The van der Waals surface area contributed by atoms with E-state index in [1.165, 1.54) is 11.3 Å². The number of carbonyl (C=O) groups is 2. The van der Waals surface area contributed by atoms with Gasteiger partial charge in [0.1, 0.15) is 0 Å². The Balaban J connectivity index is 0.000000181. The molecule has 0 radical (unpaired) electrons. The van der Waals surface area contributed by atoms with E-state index >= 15 is 0 Å². The van der Waals surface area contributed by atoms with Crippen LogP contribution in [0.3, 0.4) is 0 Å². The van der Waals surface area contributed by atoms with Crippen molar-refractivity contribution in [2.45, 2.75) is 20.3 Å². The van der Waals surface area contributed by atoms with Crippen LogP contribution in [-0.4, -0.2) is 18.4 Å². The van der Waals surface area contributed by atoms with Crippen molar-refractivity contribution in [2.24, 2.45) is 0 Å². The molecule has 210 valence electrons. The van der Waals surface area contributed by atoms with Gasteiger partial charge in [-0.2, -0.15) is 0 Å². The smallest absolute Gasteiger partial charge is 0.255 e. The van der Waals surface area contributed by atoms with Crippen molar-refractivity contribution in [2.75, 3.05) is 22.1 Å². The lowest BCUT2D eigenvalue weighted by atomic mass is 10.1. The van der Waals surface area contributed by atoms with E-state index in [1.807, 2.05) is 80.6 Å². The number of anilines is 4. The first kappa shape index (κ1) is 28.8. The van der Waals surface area contributed by atoms with Gasteiger partial charge < -0.3 is 15.5 Å². The van der Waals surface area contributed by atoms with E-state index in [-0.39, 0.29) is 11.8 Å². The third kappa shape index (κ3) is 6.96. The number of rotatable bonds is 5. The minimum absolute atomic E-state index is 0.0809. The second-order valence-corrected chi connectivity index (χ2v) is 11.0. The molecule has 0 fully saturated rings. The zero-order chi connectivity index (χ0) is 29.5. The summed E-state index contributed by atoms with van der Waals surface area (Å²) in [6, 6.07) is 39.1. The highest BCUT2D eigenvalue weighted by Crippen LogP contribution is 2.36. The van der Waals surface area contributed by atoms with E-state index in [1.54, 1.807) is 12.1 Å². The molecule has 2 amide bonds. The minimum atomic E-state index is -0.0909. The van der Waals surface area contributed by atoms with Crippen LogP contribution in [0.2, 0.25) is 0 Å². The predicted molar refractivity (Wildman–Crippen MR) is 176 cm³/mol. The Labute approximate surface area is 255 Å². The number of benzene rings is 5. The number of aryl methyl sites for hydroxylation is 2. The van der Waals surface area contributed by atoms with Crippen molar-refractivity contribution < 1.29 is 9.59 Å². The molecule has 5 nitrogen and oxygen atoms in total. The lowest BCUT2D eigenvalue weighted by molar-refractivity contribution is 0.101. The molecule has 1 aliphatic rings. The number of carbonyl (C=O) groups excluding carboxylic acids is 2. The number of para-hydroxylation sites is 1. The zero-order valence-electron chi connectivity index (χ0n) is 23.6. The average Bonchev–Trinajstić information content (AvgIpc) is 3.45. The molecule has 5 aromatic carbocycles. The van der Waals surface area contributed by atoms with Crippen molar-refractivity contribution in [3.8, 4) is 0 Å². The highest BCUT2D eigenvalue weighted by Gasteiger charge is 2.20. The third-order valence-corrected chi connectivity index (χ3v) is 7.68. The third-order valence-electron chi connectivity index (χ3n) is 7.19. The van der Waals surface area contributed by atoms with Crippen LogP contribution >= 0.6 is 15.9 Å². The monoisotopic (exact) mass is 617 g/mol. The van der Waals surface area contributed by atoms with Gasteiger partial charge in [-0.25, -0.2) is 0 Å². The molecule has 0 saturated heterocycles. The highest BCUT2D eigenvalue weighted by molar-refractivity contribution is 9.10. The summed E-state index contributed by atoms with van der Waals surface area (Å²) >= 11 is 3.39. The van der Waals surface area contributed by atoms with Gasteiger partial charge in [0, 0.05) is 44.9 Å². The molecule has 0 spiro atoms. The molecule has 0 atom stereocenters. The van der Waals surface area contributed by atoms with Crippen molar-refractivity contribution >= 4 is 50.5 Å². The molecule has 0 saturated carbocycles. The normalized spacial score (nSPS) is 11.6. The summed E-state index contributed by atoms with van der Waals surface area (Å²) in [6.07, 6.45) is 1.05. The van der Waals surface area contributed by atoms with Crippen molar-refractivity contribution in [3.05, 3.63) is 154 Å². The van der Waals surface area contributed by atoms with E-state index in [2.05, 4.69) is 73.9 Å². The Morgan fingerprint density at radius 1 is 0.643 bits per heavy atom. The van der Waals surface area contributed by atoms with Crippen LogP contribution in [0.15, 0.2) is 126 Å². The molecule has 5 aromatic rings. The minimum Gasteiger partial charge on any atom is -0.341 e. The van der Waals surface area contributed by atoms with E-state index in [4.69, 9.17) is 0 Å². The Bertz CT molecular complexity index is 1700. The van der Waals surface area contributed by atoms with Gasteiger partial charge in [0.05, 0.1) is 0 Å². The maximum absolute atomic E-state index is 12.5. The predicted octanol–water partition coefficient (Wildman–Crippen LogP) is 8.95. The van der Waals surface area contributed by atoms with Crippen molar-refractivity contribution in [1.29, 1.82) is 0 Å². The standard InChI is InChI=1S/C22H20N2O.C14H12BrNO/c1-16-11-12-19(24-14-13-17-7-5-6-10-21(17)24)15-20(16)23-22(25)18-8-3-2-4-9-18;1-10-7-8-12(15)9-13(10)16-14(17)11-5-3-2-4-6-11/h2-12,15H,13-14H2,1H3,(H,23,25);2-9H,1H3,(H,16,17). The SMILES string of the molecule is Cc1ccc(Br)cc1NC(=O)c1ccccc1.Cc1ccc(N2CCc3ccccc32)cc1NC(=O)c1ccccc1. The Kier molecular flexibility index (Phi) is 9.15. The number of halogens is 1. The molecule has 0 aliphatic carbocycles. The summed E-state index contributed by atoms with van der Waals surface area (Å²) in [6.45, 7) is 4.95. The van der Waals surface area contributed by atoms with Gasteiger partial charge >= 0.3 is 0 Å². The Morgan fingerprint density at radius 2 is 1.17 bits per heavy atom. The lowest BCUT2D eigenvalue weighted by Crippen LogP contribution is -2.16. The summed E-state index contributed by atoms with van der Waals surface area (Å²) in [7, 11) is 0. The molecule has 1 heterocycles. The maximum atomic E-state index is 12.5. The van der Waals surface area contributed by atoms with E-state index in [9.17, 15) is 9.59 Å². The summed E-state index contributed by atoms with van der Waals surface area (Å²) < 4.78 is 0.950. The summed E-state index contributed by atoms with van der Waals surface area (Å²) in [5.74, 6) is -0.172. The quantitative estimate of drug-likeness (QED) is 0.207. The fourth-order valence-electron chi connectivity index (χ4n) is 4.82. The van der Waals surface area contributed by atoms with Gasteiger partial charge in [-0.1, -0.05) is 82.7 Å². The number of amides is 2. The average molecular weight is 619 g/mol. The second kappa shape index (κ2) is 13.3. The first-order valence-corrected chi connectivity index (χ1v) is 14.6. The summed E-state index contributed by atoms with van der Waals surface area (Å²) in [5.41, 5.74) is 8.84. The number of hydrogen-bond donors (Lipinski definition) is 2. The molecular formula is C36H32BrN3O2. The molecule has 0 aromatic heterocycles. The van der Waals surface area contributed by atoms with Gasteiger partial charge in [-0.15, -0.1) is 0 Å². The number of fused-ring (bicyclic) bond motifs is 1. The molecule has 1 aliphatic heterocycles. The Hall–Kier alpha value is -4.68. The fraction of sp³-hybridized carbons (Fsp3) is 0.111. The van der Waals surface area contributed by atoms with Gasteiger partial charge in [0.15, 0.2) is 0 Å². The molecule has 0 bridgehead atoms. The molecule has 2 N–H and O–H groups in total. The number of nitrogens with one attached hydrogen (secondary N) is 2. The fourth-order valence-corrected chi connectivity index (χ4v) is 5.18. The molecule has 0 unspecified atom stereocenters. The Morgan fingerprint density at radius 3 is 1.79 bits per heavy atom. The second-order valence-electron chi connectivity index (χ2n) is 10.1. The van der Waals surface area contributed by atoms with Crippen LogP contribution in [0.4, 0.5) is 22.7 Å². The molecule has 6 rings (SSSR count). The van der Waals surface area contributed by atoms with Crippen LogP contribution in [-0.2, 0) is 6.42 Å². The zero-order valence-corrected chi connectivity index (χ0v) is 25.2. The first-order valence-electron chi connectivity index (χ1n) is 13.8.